The smallest absolute Gasteiger partial charge is 0.0540 e. The molecule has 0 spiro atoms. The second kappa shape index (κ2) is 10.4. The Kier molecular flexibility index (Phi) is 6.38. The molecule has 1 aliphatic carbocycles. The first-order chi connectivity index (χ1) is 18.3. The van der Waals surface area contributed by atoms with Crippen LogP contribution in [-0.4, -0.2) is 0 Å². The summed E-state index contributed by atoms with van der Waals surface area (Å²) in [4.78, 5) is 2.34. The summed E-state index contributed by atoms with van der Waals surface area (Å²) in [7, 11) is 0. The quantitative estimate of drug-likeness (QED) is 0.262. The van der Waals surface area contributed by atoms with Gasteiger partial charge in [-0.2, -0.15) is 0 Å². The molecule has 0 aromatic heterocycles. The third kappa shape index (κ3) is 4.96. The number of nitrogens with one attached hydrogen (secondary N) is 1. The molecule has 0 radical (unpaired) electrons. The van der Waals surface area contributed by atoms with Crippen LogP contribution in [-0.2, 0) is 0 Å². The van der Waals surface area contributed by atoms with Crippen molar-refractivity contribution in [1.82, 2.24) is 0 Å². The number of hydrogen-bond acceptors (Lipinski definition) is 2. The van der Waals surface area contributed by atoms with Gasteiger partial charge in [0.25, 0.3) is 0 Å². The van der Waals surface area contributed by atoms with Crippen molar-refractivity contribution in [2.24, 2.45) is 0 Å². The number of benzene rings is 5. The third-order valence-corrected chi connectivity index (χ3v) is 6.66. The highest BCUT2D eigenvalue weighted by atomic mass is 15.1. The first kappa shape index (κ1) is 22.6. The molecule has 0 heterocycles. The average molecular weight is 477 g/mol. The van der Waals surface area contributed by atoms with Gasteiger partial charge in [-0.15, -0.1) is 0 Å². The van der Waals surface area contributed by atoms with Crippen LogP contribution in [0.5, 0.6) is 0 Å². The first-order valence-electron chi connectivity index (χ1n) is 12.7. The van der Waals surface area contributed by atoms with Crippen molar-refractivity contribution in [1.29, 1.82) is 0 Å². The van der Waals surface area contributed by atoms with Gasteiger partial charge in [-0.1, -0.05) is 103 Å². The first-order valence-corrected chi connectivity index (χ1v) is 12.7. The van der Waals surface area contributed by atoms with E-state index >= 15 is 0 Å². The normalized spacial score (nSPS) is 12.7. The lowest BCUT2D eigenvalue weighted by atomic mass is 10.0. The van der Waals surface area contributed by atoms with Gasteiger partial charge >= 0.3 is 0 Å². The Morgan fingerprint density at radius 3 is 2.03 bits per heavy atom. The van der Waals surface area contributed by atoms with Gasteiger partial charge in [0, 0.05) is 34.6 Å². The van der Waals surface area contributed by atoms with Crippen molar-refractivity contribution in [2.45, 2.75) is 6.42 Å². The van der Waals surface area contributed by atoms with E-state index in [4.69, 9.17) is 0 Å². The highest BCUT2D eigenvalue weighted by Gasteiger charge is 2.15. The molecule has 0 saturated carbocycles. The van der Waals surface area contributed by atoms with Crippen molar-refractivity contribution < 1.29 is 0 Å². The van der Waals surface area contributed by atoms with Gasteiger partial charge in [0.15, 0.2) is 0 Å². The van der Waals surface area contributed by atoms with E-state index in [-0.39, 0.29) is 0 Å². The van der Waals surface area contributed by atoms with Crippen LogP contribution in [0.15, 0.2) is 157 Å². The summed E-state index contributed by atoms with van der Waals surface area (Å²) in [6, 6.07) is 43.1. The minimum Gasteiger partial charge on any atom is -0.359 e. The maximum atomic E-state index is 3.53. The summed E-state index contributed by atoms with van der Waals surface area (Å²) in [6.07, 6.45) is 11.4. The lowest BCUT2D eigenvalue weighted by Gasteiger charge is -2.27. The fourth-order valence-corrected chi connectivity index (χ4v) is 4.81. The molecule has 0 fully saturated rings. The third-order valence-electron chi connectivity index (χ3n) is 6.66. The Labute approximate surface area is 218 Å². The molecule has 0 bridgehead atoms. The van der Waals surface area contributed by atoms with E-state index in [2.05, 4.69) is 162 Å². The Hall–Kier alpha value is -4.82. The average Bonchev–Trinajstić information content (AvgIpc) is 3.23. The minimum atomic E-state index is 0.908. The van der Waals surface area contributed by atoms with Gasteiger partial charge in [-0.05, 0) is 65.1 Å². The molecular formula is C35H28N2. The number of hydrogen-bond donors (Lipinski definition) is 1. The summed E-state index contributed by atoms with van der Waals surface area (Å²) in [5, 5.41) is 5.99. The zero-order valence-electron chi connectivity index (χ0n) is 20.6. The van der Waals surface area contributed by atoms with Crippen LogP contribution in [0.4, 0.5) is 22.7 Å². The number of fused-ring (bicyclic) bond motifs is 1. The van der Waals surface area contributed by atoms with E-state index in [0.717, 1.165) is 23.5 Å². The standard InChI is InChI=1S/C35H28N2/c1-2-5-14-30(13-4-1)36-31-23-19-27(20-24-31)28-21-25-33(26-22-28)37(32-15-6-3-7-16-32)35-18-10-12-29-11-8-9-17-34(29)35/h1-13,15-26,36H,14H2. The molecule has 0 unspecified atom stereocenters. The summed E-state index contributed by atoms with van der Waals surface area (Å²) in [5.41, 5.74) is 8.12. The zero-order chi connectivity index (χ0) is 24.9. The highest BCUT2D eigenvalue weighted by molar-refractivity contribution is 5.98. The van der Waals surface area contributed by atoms with Crippen LogP contribution < -0.4 is 10.2 Å². The van der Waals surface area contributed by atoms with Crippen molar-refractivity contribution in [2.75, 3.05) is 10.2 Å². The fraction of sp³-hybridized carbons (Fsp3) is 0.0286. The molecule has 0 atom stereocenters. The Morgan fingerprint density at radius 2 is 1.22 bits per heavy atom. The molecule has 2 nitrogen and oxygen atoms in total. The molecule has 0 saturated heterocycles. The van der Waals surface area contributed by atoms with E-state index in [1.54, 1.807) is 0 Å². The number of rotatable bonds is 6. The molecule has 0 aliphatic heterocycles. The maximum absolute atomic E-state index is 3.53. The van der Waals surface area contributed by atoms with E-state index < -0.39 is 0 Å². The molecular weight excluding hydrogens is 448 g/mol. The van der Waals surface area contributed by atoms with Gasteiger partial charge in [-0.25, -0.2) is 0 Å². The summed E-state index contributed by atoms with van der Waals surface area (Å²) in [6.45, 7) is 0. The van der Waals surface area contributed by atoms with Crippen LogP contribution in [0.3, 0.4) is 0 Å². The topological polar surface area (TPSA) is 15.3 Å². The van der Waals surface area contributed by atoms with Crippen molar-refractivity contribution in [3.63, 3.8) is 0 Å². The molecule has 6 rings (SSSR count). The van der Waals surface area contributed by atoms with Crippen LogP contribution in [0, 0.1) is 0 Å². The lowest BCUT2D eigenvalue weighted by molar-refractivity contribution is 1.22. The van der Waals surface area contributed by atoms with Crippen LogP contribution in [0.2, 0.25) is 0 Å². The van der Waals surface area contributed by atoms with E-state index in [0.29, 0.717) is 0 Å². The van der Waals surface area contributed by atoms with Gasteiger partial charge in [-0.3, -0.25) is 0 Å². The summed E-state index contributed by atoms with van der Waals surface area (Å²) >= 11 is 0. The summed E-state index contributed by atoms with van der Waals surface area (Å²) < 4.78 is 0. The molecule has 2 heteroatoms. The van der Waals surface area contributed by atoms with E-state index in [1.165, 1.54) is 33.3 Å². The van der Waals surface area contributed by atoms with Crippen LogP contribution >= 0.6 is 0 Å². The number of allylic oxidation sites excluding steroid dienone is 5. The fourth-order valence-electron chi connectivity index (χ4n) is 4.81. The summed E-state index contributed by atoms with van der Waals surface area (Å²) in [5.74, 6) is 0. The second-order valence-electron chi connectivity index (χ2n) is 9.13. The SMILES string of the molecule is C1=CC=C(Nc2ccc(-c3ccc(N(c4ccccc4)c4cccc5ccccc45)cc3)cc2)CC=C1. The van der Waals surface area contributed by atoms with Crippen LogP contribution in [0.25, 0.3) is 21.9 Å². The van der Waals surface area contributed by atoms with E-state index in [9.17, 15) is 0 Å². The Bertz CT molecular complexity index is 1590. The van der Waals surface area contributed by atoms with E-state index in [1.807, 2.05) is 0 Å². The van der Waals surface area contributed by atoms with Gasteiger partial charge < -0.3 is 10.2 Å². The Balaban J connectivity index is 1.31. The van der Waals surface area contributed by atoms with Crippen LogP contribution in [0.1, 0.15) is 6.42 Å². The monoisotopic (exact) mass is 476 g/mol. The number of para-hydroxylation sites is 1. The predicted molar refractivity (Wildman–Crippen MR) is 159 cm³/mol. The predicted octanol–water partition coefficient (Wildman–Crippen LogP) is 9.79. The Morgan fingerprint density at radius 1 is 0.541 bits per heavy atom. The molecule has 37 heavy (non-hydrogen) atoms. The lowest BCUT2D eigenvalue weighted by Crippen LogP contribution is -2.10. The largest absolute Gasteiger partial charge is 0.359 e. The van der Waals surface area contributed by atoms with Gasteiger partial charge in [0.05, 0.1) is 5.69 Å². The molecule has 0 amide bonds. The second-order valence-corrected chi connectivity index (χ2v) is 9.13. The molecule has 5 aromatic carbocycles. The number of anilines is 4. The van der Waals surface area contributed by atoms with Gasteiger partial charge in [0.1, 0.15) is 0 Å². The number of nitrogens with zero attached hydrogens (tertiary/aromatic N) is 1. The molecule has 178 valence electrons. The molecule has 1 N–H and O–H groups in total. The maximum Gasteiger partial charge on any atom is 0.0540 e. The zero-order valence-corrected chi connectivity index (χ0v) is 20.6. The molecule has 5 aromatic rings. The van der Waals surface area contributed by atoms with Crippen molar-refractivity contribution in [3.8, 4) is 11.1 Å². The van der Waals surface area contributed by atoms with Crippen molar-refractivity contribution >= 4 is 33.5 Å². The molecule has 1 aliphatic rings. The van der Waals surface area contributed by atoms with Crippen molar-refractivity contribution in [3.05, 3.63) is 157 Å². The van der Waals surface area contributed by atoms with Gasteiger partial charge in [0.2, 0.25) is 0 Å². The minimum absolute atomic E-state index is 0.908. The highest BCUT2D eigenvalue weighted by Crippen LogP contribution is 2.39.